The number of hydrogen-bond acceptors (Lipinski definition) is 4. The van der Waals surface area contributed by atoms with E-state index in [-0.39, 0.29) is 24.7 Å². The fraction of sp³-hybridized carbons (Fsp3) is 0.300. The van der Waals surface area contributed by atoms with Gasteiger partial charge in [-0.25, -0.2) is 0 Å². The number of rotatable bonds is 10. The maximum atomic E-state index is 11.8. The maximum absolute atomic E-state index is 11.8. The zero-order chi connectivity index (χ0) is 21.9. The Bertz CT molecular complexity index is 808. The summed E-state index contributed by atoms with van der Waals surface area (Å²) in [5, 5.41) is 1.84. The first-order valence-corrected chi connectivity index (χ1v) is 10.6. The zero-order valence-electron chi connectivity index (χ0n) is 15.9. The van der Waals surface area contributed by atoms with Crippen LogP contribution >= 0.6 is 46.4 Å². The van der Waals surface area contributed by atoms with E-state index < -0.39 is 0 Å². The van der Waals surface area contributed by atoms with Gasteiger partial charge in [0.1, 0.15) is 11.5 Å². The molecule has 0 aliphatic carbocycles. The molecule has 2 aromatic carbocycles. The highest BCUT2D eigenvalue weighted by Crippen LogP contribution is 2.28. The Kier molecular flexibility index (Phi) is 10.4. The summed E-state index contributed by atoms with van der Waals surface area (Å²) in [5.41, 5.74) is 4.72. The van der Waals surface area contributed by atoms with E-state index in [9.17, 15) is 9.59 Å². The highest BCUT2D eigenvalue weighted by atomic mass is 35.5. The highest BCUT2D eigenvalue weighted by Gasteiger charge is 2.07. The van der Waals surface area contributed by atoms with Crippen molar-refractivity contribution in [2.24, 2.45) is 0 Å². The van der Waals surface area contributed by atoms with Crippen LogP contribution in [-0.4, -0.2) is 25.0 Å². The average molecular weight is 494 g/mol. The first kappa shape index (κ1) is 24.4. The average Bonchev–Trinajstić information content (AvgIpc) is 2.69. The number of carbonyl (C=O) groups excluding carboxylic acids is 2. The predicted octanol–water partition coefficient (Wildman–Crippen LogP) is 5.47. The lowest BCUT2D eigenvalue weighted by Gasteiger charge is -2.10. The van der Waals surface area contributed by atoms with Gasteiger partial charge < -0.3 is 9.47 Å². The molecule has 0 saturated heterocycles. The Morgan fingerprint density at radius 2 is 1.10 bits per heavy atom. The lowest BCUT2D eigenvalue weighted by Crippen LogP contribution is -2.41. The molecule has 0 radical (unpaired) electrons. The quantitative estimate of drug-likeness (QED) is 0.340. The Morgan fingerprint density at radius 1 is 0.700 bits per heavy atom. The predicted molar refractivity (Wildman–Crippen MR) is 119 cm³/mol. The smallest absolute Gasteiger partial charge is 0.238 e. The van der Waals surface area contributed by atoms with Gasteiger partial charge in [-0.15, -0.1) is 0 Å². The number of hydrazine groups is 1. The Hall–Kier alpha value is -1.86. The molecule has 0 fully saturated rings. The summed E-state index contributed by atoms with van der Waals surface area (Å²) in [5.74, 6) is 0.352. The standard InChI is InChI=1S/C20H20Cl4N2O4/c21-13-5-7-17(15(23)11-13)29-9-1-3-19(27)25-26-20(28)4-2-10-30-18-8-6-14(22)12-16(18)24/h5-8,11-12H,1-4,9-10H2,(H,25,27)(H,26,28). The number of halogens is 4. The van der Waals surface area contributed by atoms with Crippen molar-refractivity contribution < 1.29 is 19.1 Å². The maximum Gasteiger partial charge on any atom is 0.238 e. The van der Waals surface area contributed by atoms with Gasteiger partial charge >= 0.3 is 0 Å². The molecule has 0 bridgehead atoms. The molecular weight excluding hydrogens is 474 g/mol. The van der Waals surface area contributed by atoms with E-state index in [1.165, 1.54) is 0 Å². The second-order valence-electron chi connectivity index (χ2n) is 6.15. The van der Waals surface area contributed by atoms with Crippen molar-refractivity contribution in [1.29, 1.82) is 0 Å². The lowest BCUT2D eigenvalue weighted by atomic mass is 10.3. The van der Waals surface area contributed by atoms with Gasteiger partial charge in [0.2, 0.25) is 11.8 Å². The summed E-state index contributed by atoms with van der Waals surface area (Å²) in [7, 11) is 0. The van der Waals surface area contributed by atoms with Crippen molar-refractivity contribution in [3.05, 3.63) is 56.5 Å². The molecule has 0 unspecified atom stereocenters. The molecule has 30 heavy (non-hydrogen) atoms. The Balaban J connectivity index is 1.54. The van der Waals surface area contributed by atoms with Crippen LogP contribution in [0.1, 0.15) is 25.7 Å². The van der Waals surface area contributed by atoms with Gasteiger partial charge in [0.05, 0.1) is 23.3 Å². The molecule has 6 nitrogen and oxygen atoms in total. The summed E-state index contributed by atoms with van der Waals surface area (Å²) in [4.78, 5) is 23.6. The van der Waals surface area contributed by atoms with Crippen LogP contribution in [0.4, 0.5) is 0 Å². The van der Waals surface area contributed by atoms with Crippen molar-refractivity contribution in [1.82, 2.24) is 10.9 Å². The van der Waals surface area contributed by atoms with E-state index in [2.05, 4.69) is 10.9 Å². The van der Waals surface area contributed by atoms with Crippen molar-refractivity contribution in [3.63, 3.8) is 0 Å². The molecule has 0 aliphatic heterocycles. The molecule has 162 valence electrons. The molecule has 2 N–H and O–H groups in total. The molecule has 2 amide bonds. The molecule has 2 aromatic rings. The SMILES string of the molecule is O=C(CCCOc1ccc(Cl)cc1Cl)NNC(=O)CCCOc1ccc(Cl)cc1Cl. The van der Waals surface area contributed by atoms with Gasteiger partial charge in [0.25, 0.3) is 0 Å². The van der Waals surface area contributed by atoms with Gasteiger partial charge in [-0.05, 0) is 49.2 Å². The largest absolute Gasteiger partial charge is 0.492 e. The molecule has 10 heteroatoms. The summed E-state index contributed by atoms with van der Waals surface area (Å²) < 4.78 is 11.0. The highest BCUT2D eigenvalue weighted by molar-refractivity contribution is 6.36. The fourth-order valence-electron chi connectivity index (χ4n) is 2.28. The second kappa shape index (κ2) is 12.7. The van der Waals surface area contributed by atoms with Crippen LogP contribution in [0.25, 0.3) is 0 Å². The molecule has 0 aliphatic rings. The fourth-order valence-corrected chi connectivity index (χ4v) is 3.20. The van der Waals surface area contributed by atoms with E-state index in [1.807, 2.05) is 0 Å². The van der Waals surface area contributed by atoms with Gasteiger partial charge in [-0.3, -0.25) is 20.4 Å². The van der Waals surface area contributed by atoms with Gasteiger partial charge in [-0.2, -0.15) is 0 Å². The minimum atomic E-state index is -0.321. The molecule has 2 rings (SSSR count). The third-order valence-corrected chi connectivity index (χ3v) is 4.80. The molecule has 0 aromatic heterocycles. The number of carbonyl (C=O) groups is 2. The van der Waals surface area contributed by atoms with Crippen molar-refractivity contribution in [3.8, 4) is 11.5 Å². The van der Waals surface area contributed by atoms with Crippen molar-refractivity contribution in [2.45, 2.75) is 25.7 Å². The number of hydrogen-bond donors (Lipinski definition) is 2. The van der Waals surface area contributed by atoms with Crippen LogP contribution < -0.4 is 20.3 Å². The minimum absolute atomic E-state index is 0.184. The number of benzene rings is 2. The molecule has 0 atom stereocenters. The number of nitrogens with one attached hydrogen (secondary N) is 2. The Labute approximate surface area is 194 Å². The topological polar surface area (TPSA) is 76.7 Å². The summed E-state index contributed by atoms with van der Waals surface area (Å²) in [6, 6.07) is 9.82. The van der Waals surface area contributed by atoms with Crippen LogP contribution in [-0.2, 0) is 9.59 Å². The molecule has 0 saturated carbocycles. The molecule has 0 heterocycles. The Morgan fingerprint density at radius 3 is 1.47 bits per heavy atom. The second-order valence-corrected chi connectivity index (χ2v) is 7.84. The van der Waals surface area contributed by atoms with Crippen LogP contribution in [0, 0.1) is 0 Å². The van der Waals surface area contributed by atoms with Gasteiger partial charge in [0.15, 0.2) is 0 Å². The monoisotopic (exact) mass is 492 g/mol. The summed E-state index contributed by atoms with van der Waals surface area (Å²) in [6.07, 6.45) is 1.28. The van der Waals surface area contributed by atoms with Crippen molar-refractivity contribution in [2.75, 3.05) is 13.2 Å². The first-order chi connectivity index (χ1) is 14.3. The number of amides is 2. The first-order valence-electron chi connectivity index (χ1n) is 9.08. The van der Waals surface area contributed by atoms with E-state index in [0.29, 0.717) is 57.6 Å². The number of ether oxygens (including phenoxy) is 2. The third kappa shape index (κ3) is 8.88. The summed E-state index contributed by atoms with van der Waals surface area (Å²) >= 11 is 23.6. The van der Waals surface area contributed by atoms with Crippen molar-refractivity contribution >= 4 is 58.2 Å². The lowest BCUT2D eigenvalue weighted by molar-refractivity contribution is -0.129. The zero-order valence-corrected chi connectivity index (χ0v) is 18.9. The third-order valence-electron chi connectivity index (χ3n) is 3.74. The van der Waals surface area contributed by atoms with E-state index >= 15 is 0 Å². The van der Waals surface area contributed by atoms with E-state index in [0.717, 1.165) is 0 Å². The van der Waals surface area contributed by atoms with Crippen LogP contribution in [0.5, 0.6) is 11.5 Å². The summed E-state index contributed by atoms with van der Waals surface area (Å²) in [6.45, 7) is 0.598. The van der Waals surface area contributed by atoms with Gasteiger partial charge in [0, 0.05) is 22.9 Å². The van der Waals surface area contributed by atoms with E-state index in [1.54, 1.807) is 36.4 Å². The molecular formula is C20H20Cl4N2O4. The molecule has 0 spiro atoms. The van der Waals surface area contributed by atoms with Crippen LogP contribution in [0.15, 0.2) is 36.4 Å². The minimum Gasteiger partial charge on any atom is -0.492 e. The van der Waals surface area contributed by atoms with Crippen LogP contribution in [0.3, 0.4) is 0 Å². The van der Waals surface area contributed by atoms with E-state index in [4.69, 9.17) is 55.9 Å². The van der Waals surface area contributed by atoms with Gasteiger partial charge in [-0.1, -0.05) is 46.4 Å². The van der Waals surface area contributed by atoms with Crippen LogP contribution in [0.2, 0.25) is 20.1 Å². The normalized spacial score (nSPS) is 10.4.